The van der Waals surface area contributed by atoms with Crippen molar-refractivity contribution in [3.63, 3.8) is 0 Å². The van der Waals surface area contributed by atoms with Gasteiger partial charge in [-0.15, -0.1) is 0 Å². The summed E-state index contributed by atoms with van der Waals surface area (Å²) in [5, 5.41) is 19.5. The number of carboxylic acids is 1. The second-order valence-electron chi connectivity index (χ2n) is 5.03. The molecule has 0 aliphatic rings. The van der Waals surface area contributed by atoms with E-state index in [2.05, 4.69) is 0 Å². The average Bonchev–Trinajstić information content (AvgIpc) is 2.25. The van der Waals surface area contributed by atoms with Crippen LogP contribution in [0, 0.1) is 21.8 Å². The van der Waals surface area contributed by atoms with Crippen molar-refractivity contribution in [3.8, 4) is 0 Å². The lowest BCUT2D eigenvalue weighted by Crippen LogP contribution is -2.32. The van der Waals surface area contributed by atoms with Gasteiger partial charge < -0.3 is 5.11 Å². The number of nitro benzene ring substituents is 1. The van der Waals surface area contributed by atoms with Gasteiger partial charge in [0.25, 0.3) is 5.69 Å². The first-order valence-electron chi connectivity index (χ1n) is 6.16. The number of halogens is 1. The molecule has 0 atom stereocenters. The van der Waals surface area contributed by atoms with E-state index in [1.54, 1.807) is 4.90 Å². The number of carboxylic acid groups (broad SMARTS) is 1. The number of hydrogen-bond donors (Lipinski definition) is 1. The fraction of sp³-hybridized carbons (Fsp3) is 0.462. The van der Waals surface area contributed by atoms with E-state index in [9.17, 15) is 19.3 Å². The standard InChI is InChI=1S/C13H17FN2O4/c1-9(2)6-15(8-13(17)18)7-10-3-11(14)5-12(4-10)16(19)20/h3-5,9H,6-8H2,1-2H3,(H,17,18). The molecule has 0 fully saturated rings. The van der Waals surface area contributed by atoms with Gasteiger partial charge in [0.1, 0.15) is 5.82 Å². The lowest BCUT2D eigenvalue weighted by Gasteiger charge is -2.22. The molecule has 1 aromatic rings. The molecule has 0 spiro atoms. The molecular weight excluding hydrogens is 267 g/mol. The number of aliphatic carboxylic acids is 1. The number of carbonyl (C=O) groups is 1. The quantitative estimate of drug-likeness (QED) is 0.613. The molecule has 0 amide bonds. The Labute approximate surface area is 116 Å². The van der Waals surface area contributed by atoms with Gasteiger partial charge in [0.15, 0.2) is 0 Å². The summed E-state index contributed by atoms with van der Waals surface area (Å²) in [6, 6.07) is 3.29. The summed E-state index contributed by atoms with van der Waals surface area (Å²) in [5.74, 6) is -1.46. The van der Waals surface area contributed by atoms with Crippen molar-refractivity contribution in [1.82, 2.24) is 4.90 Å². The minimum Gasteiger partial charge on any atom is -0.480 e. The van der Waals surface area contributed by atoms with E-state index < -0.39 is 16.7 Å². The van der Waals surface area contributed by atoms with Gasteiger partial charge in [-0.25, -0.2) is 4.39 Å². The van der Waals surface area contributed by atoms with Gasteiger partial charge in [-0.2, -0.15) is 0 Å². The van der Waals surface area contributed by atoms with E-state index in [0.29, 0.717) is 12.1 Å². The van der Waals surface area contributed by atoms with Gasteiger partial charge in [0.05, 0.1) is 17.5 Å². The molecule has 7 heteroatoms. The summed E-state index contributed by atoms with van der Waals surface area (Å²) in [4.78, 5) is 22.4. The Morgan fingerprint density at radius 3 is 2.60 bits per heavy atom. The fourth-order valence-corrected chi connectivity index (χ4v) is 1.98. The summed E-state index contributed by atoms with van der Waals surface area (Å²) in [6.07, 6.45) is 0. The largest absolute Gasteiger partial charge is 0.480 e. The van der Waals surface area contributed by atoms with E-state index in [4.69, 9.17) is 5.11 Å². The molecule has 0 saturated heterocycles. The van der Waals surface area contributed by atoms with Crippen LogP contribution in [0.2, 0.25) is 0 Å². The number of benzene rings is 1. The maximum absolute atomic E-state index is 13.3. The third-order valence-corrected chi connectivity index (χ3v) is 2.54. The molecule has 1 rings (SSSR count). The number of nitrogens with zero attached hydrogens (tertiary/aromatic N) is 2. The summed E-state index contributed by atoms with van der Waals surface area (Å²) in [6.45, 7) is 4.34. The monoisotopic (exact) mass is 284 g/mol. The maximum Gasteiger partial charge on any atom is 0.317 e. The number of rotatable bonds is 7. The fourth-order valence-electron chi connectivity index (χ4n) is 1.98. The Hall–Kier alpha value is -2.02. The molecular formula is C13H17FN2O4. The van der Waals surface area contributed by atoms with Gasteiger partial charge >= 0.3 is 5.97 Å². The molecule has 1 N–H and O–H groups in total. The molecule has 6 nitrogen and oxygen atoms in total. The van der Waals surface area contributed by atoms with E-state index >= 15 is 0 Å². The van der Waals surface area contributed by atoms with E-state index in [1.807, 2.05) is 13.8 Å². The maximum atomic E-state index is 13.3. The van der Waals surface area contributed by atoms with Crippen LogP contribution in [0.1, 0.15) is 19.4 Å². The lowest BCUT2D eigenvalue weighted by atomic mass is 10.1. The topological polar surface area (TPSA) is 83.7 Å². The van der Waals surface area contributed by atoms with Crippen LogP contribution in [0.5, 0.6) is 0 Å². The van der Waals surface area contributed by atoms with Crippen molar-refractivity contribution in [1.29, 1.82) is 0 Å². The molecule has 110 valence electrons. The lowest BCUT2D eigenvalue weighted by molar-refractivity contribution is -0.385. The molecule has 0 aromatic heterocycles. The summed E-state index contributed by atoms with van der Waals surface area (Å²) >= 11 is 0. The van der Waals surface area contributed by atoms with Crippen LogP contribution in [0.3, 0.4) is 0 Å². The highest BCUT2D eigenvalue weighted by Crippen LogP contribution is 2.18. The first-order chi connectivity index (χ1) is 9.27. The van der Waals surface area contributed by atoms with E-state index in [0.717, 1.165) is 6.07 Å². The SMILES string of the molecule is CC(C)CN(CC(=O)O)Cc1cc(F)cc([N+](=O)[O-])c1. The molecule has 1 aromatic carbocycles. The Balaban J connectivity index is 2.91. The van der Waals surface area contributed by atoms with Gasteiger partial charge in [-0.05, 0) is 17.5 Å². The zero-order valence-corrected chi connectivity index (χ0v) is 11.4. The predicted molar refractivity (Wildman–Crippen MR) is 70.8 cm³/mol. The van der Waals surface area contributed by atoms with Crippen molar-refractivity contribution in [2.45, 2.75) is 20.4 Å². The summed E-state index contributed by atoms with van der Waals surface area (Å²) in [5.41, 5.74) is 0.0541. The highest BCUT2D eigenvalue weighted by molar-refractivity contribution is 5.69. The number of nitro groups is 1. The van der Waals surface area contributed by atoms with Crippen LogP contribution in [-0.4, -0.2) is 34.0 Å². The molecule has 0 aliphatic carbocycles. The Kier molecular flexibility index (Phi) is 5.57. The van der Waals surface area contributed by atoms with Crippen LogP contribution in [0.15, 0.2) is 18.2 Å². The molecule has 20 heavy (non-hydrogen) atoms. The van der Waals surface area contributed by atoms with Crippen LogP contribution in [-0.2, 0) is 11.3 Å². The van der Waals surface area contributed by atoms with Crippen molar-refractivity contribution in [2.75, 3.05) is 13.1 Å². The summed E-state index contributed by atoms with van der Waals surface area (Å²) < 4.78 is 13.3. The van der Waals surface area contributed by atoms with Gasteiger partial charge in [-0.3, -0.25) is 19.8 Å². The smallest absolute Gasteiger partial charge is 0.317 e. The highest BCUT2D eigenvalue weighted by Gasteiger charge is 2.15. The molecule has 0 radical (unpaired) electrons. The number of non-ortho nitro benzene ring substituents is 1. The second kappa shape index (κ2) is 6.95. The van der Waals surface area contributed by atoms with Crippen LogP contribution >= 0.6 is 0 Å². The average molecular weight is 284 g/mol. The van der Waals surface area contributed by atoms with Gasteiger partial charge in [0.2, 0.25) is 0 Å². The normalized spacial score (nSPS) is 11.1. The van der Waals surface area contributed by atoms with Crippen LogP contribution < -0.4 is 0 Å². The third-order valence-electron chi connectivity index (χ3n) is 2.54. The minimum absolute atomic E-state index is 0.156. The Morgan fingerprint density at radius 2 is 2.10 bits per heavy atom. The summed E-state index contributed by atoms with van der Waals surface area (Å²) in [7, 11) is 0. The molecule has 0 bridgehead atoms. The molecule has 0 heterocycles. The van der Waals surface area contributed by atoms with E-state index in [1.165, 1.54) is 12.1 Å². The predicted octanol–water partition coefficient (Wildman–Crippen LogP) is 2.28. The zero-order valence-electron chi connectivity index (χ0n) is 11.4. The molecule has 0 saturated carbocycles. The highest BCUT2D eigenvalue weighted by atomic mass is 19.1. The second-order valence-corrected chi connectivity index (χ2v) is 5.03. The zero-order chi connectivity index (χ0) is 15.3. The van der Waals surface area contributed by atoms with Crippen molar-refractivity contribution < 1.29 is 19.2 Å². The molecule has 0 unspecified atom stereocenters. The van der Waals surface area contributed by atoms with Crippen molar-refractivity contribution >= 4 is 11.7 Å². The van der Waals surface area contributed by atoms with Gasteiger partial charge in [0, 0.05) is 19.2 Å². The number of hydrogen-bond acceptors (Lipinski definition) is 4. The van der Waals surface area contributed by atoms with Crippen LogP contribution in [0.4, 0.5) is 10.1 Å². The Bertz CT molecular complexity index is 505. The van der Waals surface area contributed by atoms with Crippen molar-refractivity contribution in [2.24, 2.45) is 5.92 Å². The minimum atomic E-state index is -0.989. The van der Waals surface area contributed by atoms with Crippen molar-refractivity contribution in [3.05, 3.63) is 39.7 Å². The first kappa shape index (κ1) is 16.0. The first-order valence-corrected chi connectivity index (χ1v) is 6.16. The third kappa shape index (κ3) is 5.31. The molecule has 0 aliphatic heterocycles. The Morgan fingerprint density at radius 1 is 1.45 bits per heavy atom. The van der Waals surface area contributed by atoms with Gasteiger partial charge in [-0.1, -0.05) is 13.8 Å². The van der Waals surface area contributed by atoms with Crippen LogP contribution in [0.25, 0.3) is 0 Å². The van der Waals surface area contributed by atoms with E-state index in [-0.39, 0.29) is 24.7 Å².